The van der Waals surface area contributed by atoms with Gasteiger partial charge in [-0.3, -0.25) is 14.6 Å². The highest BCUT2D eigenvalue weighted by Crippen LogP contribution is 2.36. The number of hydrogen-bond donors (Lipinski definition) is 2. The lowest BCUT2D eigenvalue weighted by Crippen LogP contribution is -2.37. The van der Waals surface area contributed by atoms with Crippen molar-refractivity contribution in [3.8, 4) is 0 Å². The highest BCUT2D eigenvalue weighted by atomic mass is 19.4. The van der Waals surface area contributed by atoms with Crippen molar-refractivity contribution in [1.82, 2.24) is 15.6 Å². The number of amides is 2. The van der Waals surface area contributed by atoms with Gasteiger partial charge in [-0.1, -0.05) is 48.5 Å². The van der Waals surface area contributed by atoms with Crippen molar-refractivity contribution < 1.29 is 35.9 Å². The van der Waals surface area contributed by atoms with Crippen molar-refractivity contribution in [2.75, 3.05) is 0 Å². The number of carbonyl (C=O) groups excluding carboxylic acids is 2. The summed E-state index contributed by atoms with van der Waals surface area (Å²) in [6.07, 6.45) is -6.17. The summed E-state index contributed by atoms with van der Waals surface area (Å²) in [6.45, 7) is 0.197. The number of fused-ring (bicyclic) bond motifs is 1. The zero-order valence-electron chi connectivity index (χ0n) is 20.6. The van der Waals surface area contributed by atoms with Crippen molar-refractivity contribution in [3.63, 3.8) is 0 Å². The summed E-state index contributed by atoms with van der Waals surface area (Å²) in [5.74, 6) is -1.54. The van der Waals surface area contributed by atoms with Gasteiger partial charge in [-0.15, -0.1) is 0 Å². The van der Waals surface area contributed by atoms with E-state index in [0.717, 1.165) is 18.2 Å². The van der Waals surface area contributed by atoms with Gasteiger partial charge in [0.1, 0.15) is 0 Å². The Morgan fingerprint density at radius 3 is 2.25 bits per heavy atom. The Hall–Kier alpha value is -4.67. The summed E-state index contributed by atoms with van der Waals surface area (Å²) >= 11 is 0. The minimum Gasteiger partial charge on any atom is -0.346 e. The number of rotatable bonds is 7. The Labute approximate surface area is 224 Å². The lowest BCUT2D eigenvalue weighted by Gasteiger charge is -2.22. The third-order valence-corrected chi connectivity index (χ3v) is 5.93. The van der Waals surface area contributed by atoms with Gasteiger partial charge in [0.2, 0.25) is 5.91 Å². The van der Waals surface area contributed by atoms with Crippen LogP contribution in [-0.2, 0) is 17.5 Å². The van der Waals surface area contributed by atoms with E-state index >= 15 is 0 Å². The molecule has 0 saturated carbocycles. The van der Waals surface area contributed by atoms with Crippen molar-refractivity contribution in [3.05, 3.63) is 119 Å². The van der Waals surface area contributed by atoms with Crippen molar-refractivity contribution in [2.45, 2.75) is 24.9 Å². The van der Waals surface area contributed by atoms with Crippen LogP contribution in [0.3, 0.4) is 0 Å². The van der Waals surface area contributed by atoms with Crippen LogP contribution in [0.5, 0.6) is 0 Å². The summed E-state index contributed by atoms with van der Waals surface area (Å²) in [4.78, 5) is 29.5. The Morgan fingerprint density at radius 2 is 1.57 bits per heavy atom. The maximum Gasteiger partial charge on any atom is 0.416 e. The first-order valence-electron chi connectivity index (χ1n) is 11.9. The van der Waals surface area contributed by atoms with Gasteiger partial charge in [0.25, 0.3) is 5.91 Å². The van der Waals surface area contributed by atoms with Gasteiger partial charge in [-0.25, -0.2) is 0 Å². The fraction of sp³-hybridized carbons (Fsp3) is 0.138. The zero-order chi connectivity index (χ0) is 28.9. The largest absolute Gasteiger partial charge is 0.416 e. The van der Waals surface area contributed by atoms with Gasteiger partial charge in [-0.2, -0.15) is 26.3 Å². The van der Waals surface area contributed by atoms with Gasteiger partial charge in [-0.05, 0) is 58.3 Å². The first kappa shape index (κ1) is 28.3. The lowest BCUT2D eigenvalue weighted by molar-refractivity contribution is -0.162. The van der Waals surface area contributed by atoms with Crippen LogP contribution in [-0.4, -0.2) is 23.0 Å². The average molecular weight is 557 g/mol. The van der Waals surface area contributed by atoms with E-state index < -0.39 is 35.4 Å². The Kier molecular flexibility index (Phi) is 8.22. The summed E-state index contributed by atoms with van der Waals surface area (Å²) in [7, 11) is 0. The fourth-order valence-electron chi connectivity index (χ4n) is 4.04. The topological polar surface area (TPSA) is 71.1 Å². The number of nitrogens with one attached hydrogen (secondary N) is 2. The molecule has 11 heteroatoms. The molecule has 0 radical (unpaired) electrons. The predicted molar refractivity (Wildman–Crippen MR) is 137 cm³/mol. The number of carbonyl (C=O) groups is 2. The summed E-state index contributed by atoms with van der Waals surface area (Å²) in [5, 5.41) is 5.63. The molecule has 5 nitrogen and oxygen atoms in total. The van der Waals surface area contributed by atoms with Gasteiger partial charge in [0.05, 0.1) is 17.8 Å². The highest BCUT2D eigenvalue weighted by molar-refractivity contribution is 6.09. The number of aromatic nitrogens is 1. The quantitative estimate of drug-likeness (QED) is 0.198. The molecule has 1 heterocycles. The number of benzene rings is 3. The third-order valence-electron chi connectivity index (χ3n) is 5.93. The SMILES string of the molecule is O=C(/C=C/c1ccc(C(=O)NCc2ccccn2)c2ccccc12)NC(c1cccc(C(F)(F)F)c1)C(F)(F)F. The van der Waals surface area contributed by atoms with Gasteiger partial charge < -0.3 is 10.6 Å². The van der Waals surface area contributed by atoms with Gasteiger partial charge >= 0.3 is 12.4 Å². The second-order valence-electron chi connectivity index (χ2n) is 8.69. The Bertz CT molecular complexity index is 1550. The van der Waals surface area contributed by atoms with E-state index in [1.54, 1.807) is 54.0 Å². The summed E-state index contributed by atoms with van der Waals surface area (Å²) in [5.41, 5.74) is -0.576. The number of alkyl halides is 6. The van der Waals surface area contributed by atoms with Crippen LogP contribution >= 0.6 is 0 Å². The molecule has 1 aromatic heterocycles. The molecular weight excluding hydrogens is 536 g/mol. The molecular formula is C29H21F6N3O2. The molecule has 2 amide bonds. The normalized spacial score (nSPS) is 12.8. The number of hydrogen-bond acceptors (Lipinski definition) is 3. The number of halogens is 6. The molecule has 0 aliphatic carbocycles. The summed E-state index contributed by atoms with van der Waals surface area (Å²) in [6, 6.07) is 15.2. The molecule has 1 atom stereocenters. The second kappa shape index (κ2) is 11.6. The lowest BCUT2D eigenvalue weighted by atomic mass is 9.98. The predicted octanol–water partition coefficient (Wildman–Crippen LogP) is 6.62. The molecule has 40 heavy (non-hydrogen) atoms. The maximum atomic E-state index is 13.7. The van der Waals surface area contributed by atoms with Crippen LogP contribution in [0.2, 0.25) is 0 Å². The molecule has 4 rings (SSSR count). The number of pyridine rings is 1. The molecule has 4 aromatic rings. The average Bonchev–Trinajstić information content (AvgIpc) is 2.93. The molecule has 2 N–H and O–H groups in total. The standard InChI is InChI=1S/C29H21F6N3O2/c30-28(31,32)20-7-5-6-19(16-20)26(29(33,34)35)38-25(39)14-12-18-11-13-24(23-10-2-1-9-22(18)23)27(40)37-17-21-8-3-4-15-36-21/h1-16,26H,17H2,(H,37,40)(H,38,39)/b14-12+. The zero-order valence-corrected chi connectivity index (χ0v) is 20.6. The molecule has 0 saturated heterocycles. The fourth-order valence-corrected chi connectivity index (χ4v) is 4.04. The van der Waals surface area contributed by atoms with Gasteiger partial charge in [0.15, 0.2) is 6.04 Å². The third kappa shape index (κ3) is 6.85. The van der Waals surface area contributed by atoms with E-state index in [0.29, 0.717) is 39.7 Å². The Morgan fingerprint density at radius 1 is 0.850 bits per heavy atom. The molecule has 0 bridgehead atoms. The molecule has 3 aromatic carbocycles. The smallest absolute Gasteiger partial charge is 0.346 e. The van der Waals surface area contributed by atoms with Crippen molar-refractivity contribution in [1.29, 1.82) is 0 Å². The molecule has 206 valence electrons. The first-order chi connectivity index (χ1) is 18.9. The van der Waals surface area contributed by atoms with E-state index in [4.69, 9.17) is 0 Å². The molecule has 1 unspecified atom stereocenters. The minimum atomic E-state index is -5.05. The van der Waals surface area contributed by atoms with E-state index in [1.165, 1.54) is 18.2 Å². The van der Waals surface area contributed by atoms with E-state index in [-0.39, 0.29) is 12.5 Å². The van der Waals surface area contributed by atoms with Crippen LogP contribution < -0.4 is 10.6 Å². The van der Waals surface area contributed by atoms with E-state index in [2.05, 4.69) is 10.3 Å². The van der Waals surface area contributed by atoms with Crippen molar-refractivity contribution in [2.24, 2.45) is 0 Å². The highest BCUT2D eigenvalue weighted by Gasteiger charge is 2.42. The van der Waals surface area contributed by atoms with Crippen LogP contribution in [0.4, 0.5) is 26.3 Å². The van der Waals surface area contributed by atoms with Crippen LogP contribution in [0, 0.1) is 0 Å². The monoisotopic (exact) mass is 557 g/mol. The molecule has 0 aliphatic rings. The number of nitrogens with zero attached hydrogens (tertiary/aromatic N) is 1. The van der Waals surface area contributed by atoms with Crippen LogP contribution in [0.25, 0.3) is 16.8 Å². The molecule has 0 fully saturated rings. The van der Waals surface area contributed by atoms with Gasteiger partial charge in [0, 0.05) is 17.8 Å². The second-order valence-corrected chi connectivity index (χ2v) is 8.69. The van der Waals surface area contributed by atoms with Crippen LogP contribution in [0.1, 0.15) is 38.8 Å². The Balaban J connectivity index is 1.55. The minimum absolute atomic E-state index is 0.197. The first-order valence-corrected chi connectivity index (χ1v) is 11.9. The maximum absolute atomic E-state index is 13.7. The van der Waals surface area contributed by atoms with Crippen LogP contribution in [0.15, 0.2) is 91.1 Å². The molecule has 0 spiro atoms. The molecule has 0 aliphatic heterocycles. The van der Waals surface area contributed by atoms with E-state index in [9.17, 15) is 35.9 Å². The van der Waals surface area contributed by atoms with E-state index in [1.807, 2.05) is 0 Å². The summed E-state index contributed by atoms with van der Waals surface area (Å²) < 4.78 is 80.1. The van der Waals surface area contributed by atoms with Crippen molar-refractivity contribution >= 4 is 28.7 Å².